The normalized spacial score (nSPS) is 11.9. The molecule has 0 spiro atoms. The third-order valence-corrected chi connectivity index (χ3v) is 7.08. The van der Waals surface area contributed by atoms with Gasteiger partial charge in [-0.3, -0.25) is 0 Å². The molecule has 0 saturated carbocycles. The molecule has 4 aromatic rings. The number of benzene rings is 4. The molecule has 0 nitrogen and oxygen atoms in total. The second kappa shape index (κ2) is 13.7. The molecule has 4 heteroatoms. The molecule has 38 heavy (non-hydrogen) atoms. The molecule has 192 valence electrons. The second-order valence-corrected chi connectivity index (χ2v) is 11.7. The van der Waals surface area contributed by atoms with Crippen LogP contribution in [0.25, 0.3) is 22.3 Å². The van der Waals surface area contributed by atoms with Gasteiger partial charge in [0.15, 0.2) is 0 Å². The summed E-state index contributed by atoms with van der Waals surface area (Å²) in [5.41, 5.74) is 14.5. The van der Waals surface area contributed by atoms with Crippen molar-refractivity contribution in [3.05, 3.63) is 118 Å². The molecule has 0 bridgehead atoms. The van der Waals surface area contributed by atoms with Gasteiger partial charge in [0, 0.05) is 0 Å². The van der Waals surface area contributed by atoms with Crippen LogP contribution in [-0.4, -0.2) is 0 Å². The Labute approximate surface area is 280 Å². The molecular formula is C34H34Cl2Zr2. The average Bonchev–Trinajstić information content (AvgIpc) is 3.36. The van der Waals surface area contributed by atoms with E-state index in [2.05, 4.69) is 126 Å². The number of halogens is 2. The van der Waals surface area contributed by atoms with Crippen LogP contribution in [0.4, 0.5) is 0 Å². The maximum Gasteiger partial charge on any atom is 2.00 e. The summed E-state index contributed by atoms with van der Waals surface area (Å²) < 4.78 is 0. The topological polar surface area (TPSA) is 0 Å². The Hall–Kier alpha value is -0.774. The Balaban J connectivity index is 0.000000344. The summed E-state index contributed by atoms with van der Waals surface area (Å²) in [6, 6.07) is 32.9. The van der Waals surface area contributed by atoms with Crippen molar-refractivity contribution in [2.45, 2.75) is 65.2 Å². The molecule has 0 atom stereocenters. The molecule has 0 aromatic heterocycles. The summed E-state index contributed by atoms with van der Waals surface area (Å²) in [6.45, 7) is 13.7. The first-order valence-electron chi connectivity index (χ1n) is 12.4. The molecule has 0 aliphatic heterocycles. The molecule has 0 N–H and O–H groups in total. The minimum atomic E-state index is 0. The number of rotatable bonds is 0. The van der Waals surface area contributed by atoms with Crippen LogP contribution in [0, 0.1) is 12.1 Å². The van der Waals surface area contributed by atoms with Gasteiger partial charge >= 0.3 is 52.4 Å². The van der Waals surface area contributed by atoms with E-state index in [0.29, 0.717) is 0 Å². The molecule has 0 heterocycles. The molecule has 0 amide bonds. The van der Waals surface area contributed by atoms with Crippen molar-refractivity contribution in [1.29, 1.82) is 0 Å². The molecule has 0 fully saturated rings. The van der Waals surface area contributed by atoms with Crippen molar-refractivity contribution in [2.24, 2.45) is 0 Å². The van der Waals surface area contributed by atoms with Crippen LogP contribution < -0.4 is 24.8 Å². The molecular weight excluding hydrogens is 662 g/mol. The van der Waals surface area contributed by atoms with Crippen LogP contribution in [-0.2, 0) is 76.1 Å². The van der Waals surface area contributed by atoms with E-state index in [1.54, 1.807) is 0 Å². The fraction of sp³-hybridized carbons (Fsp3) is 0.294. The third kappa shape index (κ3) is 6.92. The number of hydrogen-bond acceptors (Lipinski definition) is 0. The van der Waals surface area contributed by atoms with E-state index in [-0.39, 0.29) is 88.1 Å². The molecule has 0 unspecified atom stereocenters. The molecule has 4 aromatic carbocycles. The number of fused-ring (bicyclic) bond motifs is 6. The van der Waals surface area contributed by atoms with Crippen molar-refractivity contribution in [1.82, 2.24) is 0 Å². The first kappa shape index (κ1) is 35.3. The van der Waals surface area contributed by atoms with Gasteiger partial charge in [-0.1, -0.05) is 112 Å². The smallest absolute Gasteiger partial charge is 1.00 e. The Morgan fingerprint density at radius 2 is 0.868 bits per heavy atom. The Bertz CT molecular complexity index is 1270. The van der Waals surface area contributed by atoms with Crippen LogP contribution in [0.15, 0.2) is 72.8 Å². The van der Waals surface area contributed by atoms with Crippen molar-refractivity contribution in [3.63, 3.8) is 0 Å². The van der Waals surface area contributed by atoms with Gasteiger partial charge in [-0.25, -0.2) is 0 Å². The van der Waals surface area contributed by atoms with Crippen LogP contribution in [0.2, 0.25) is 0 Å². The van der Waals surface area contributed by atoms with Gasteiger partial charge in [0.2, 0.25) is 0 Å². The zero-order valence-electron chi connectivity index (χ0n) is 23.1. The summed E-state index contributed by atoms with van der Waals surface area (Å²) in [5, 5.41) is 0. The minimum absolute atomic E-state index is 0. The summed E-state index contributed by atoms with van der Waals surface area (Å²) in [5.74, 6) is 0. The Morgan fingerprint density at radius 1 is 0.526 bits per heavy atom. The van der Waals surface area contributed by atoms with Crippen LogP contribution in [0.1, 0.15) is 74.9 Å². The van der Waals surface area contributed by atoms with Gasteiger partial charge in [-0.2, -0.15) is 36.4 Å². The first-order valence-corrected chi connectivity index (χ1v) is 12.4. The van der Waals surface area contributed by atoms with E-state index in [4.69, 9.17) is 0 Å². The van der Waals surface area contributed by atoms with E-state index in [9.17, 15) is 0 Å². The fourth-order valence-corrected chi connectivity index (χ4v) is 5.45. The maximum absolute atomic E-state index is 3.41. The Morgan fingerprint density at radius 3 is 1.21 bits per heavy atom. The van der Waals surface area contributed by atoms with Crippen molar-refractivity contribution >= 4 is 0 Å². The Kier molecular flexibility index (Phi) is 12.7. The maximum atomic E-state index is 3.41. The zero-order valence-corrected chi connectivity index (χ0v) is 29.5. The van der Waals surface area contributed by atoms with Crippen LogP contribution in [0.5, 0.6) is 0 Å². The quantitative estimate of drug-likeness (QED) is 0.215. The second-order valence-electron chi connectivity index (χ2n) is 11.7. The molecule has 2 aliphatic carbocycles. The van der Waals surface area contributed by atoms with Crippen LogP contribution >= 0.6 is 0 Å². The molecule has 6 rings (SSSR count). The van der Waals surface area contributed by atoms with Gasteiger partial charge in [0.1, 0.15) is 0 Å². The van der Waals surface area contributed by atoms with Crippen molar-refractivity contribution in [3.8, 4) is 22.3 Å². The largest absolute Gasteiger partial charge is 2.00 e. The average molecular weight is 696 g/mol. The van der Waals surface area contributed by atoms with Crippen molar-refractivity contribution < 1.29 is 77.2 Å². The van der Waals surface area contributed by atoms with E-state index in [1.807, 2.05) is 0 Å². The van der Waals surface area contributed by atoms with Gasteiger partial charge in [0.25, 0.3) is 0 Å². The third-order valence-electron chi connectivity index (χ3n) is 7.08. The van der Waals surface area contributed by atoms with E-state index in [1.165, 1.54) is 55.6 Å². The van der Waals surface area contributed by atoms with E-state index >= 15 is 0 Å². The van der Waals surface area contributed by atoms with Gasteiger partial charge in [-0.05, 0) is 23.7 Å². The number of hydrogen-bond donors (Lipinski definition) is 0. The summed E-state index contributed by atoms with van der Waals surface area (Å²) in [4.78, 5) is 0. The van der Waals surface area contributed by atoms with Gasteiger partial charge < -0.3 is 24.8 Å². The summed E-state index contributed by atoms with van der Waals surface area (Å²) in [7, 11) is 0. The van der Waals surface area contributed by atoms with E-state index in [0.717, 1.165) is 12.8 Å². The minimum Gasteiger partial charge on any atom is -1.00 e. The first-order chi connectivity index (χ1) is 16.1. The molecule has 0 radical (unpaired) electrons. The van der Waals surface area contributed by atoms with Crippen LogP contribution in [0.3, 0.4) is 0 Å². The predicted molar refractivity (Wildman–Crippen MR) is 144 cm³/mol. The summed E-state index contributed by atoms with van der Waals surface area (Å²) in [6.07, 6.45) is 2.07. The summed E-state index contributed by atoms with van der Waals surface area (Å²) >= 11 is 0. The van der Waals surface area contributed by atoms with Gasteiger partial charge in [-0.15, -0.1) is 33.4 Å². The fourth-order valence-electron chi connectivity index (χ4n) is 5.45. The molecule has 2 aliphatic rings. The SMILES string of the molecule is CC(C)(C)c1cc[c-]c2c1-c1ccccc1C2.CC(C)(C)c1cc[c-]c2c1-c1ccccc1C2.[Cl-].[Cl-].[Zr+2].[Zr+2]. The molecule has 0 saturated heterocycles. The van der Waals surface area contributed by atoms with E-state index < -0.39 is 0 Å². The predicted octanol–water partition coefficient (Wildman–Crippen LogP) is 2.71. The standard InChI is InChI=1S/2C17H17.2ClH.2Zr/c2*1-17(2,3)15-10-6-8-13-11-12-7-4-5-9-14(12)16(13)15;;;;/h2*4-7,9-10H,11H2,1-3H3;2*1H;;/q2*-1;;;2*+2/p-2. The van der Waals surface area contributed by atoms with Crippen molar-refractivity contribution in [2.75, 3.05) is 0 Å². The zero-order chi connectivity index (χ0) is 24.1. The monoisotopic (exact) mass is 692 g/mol. The van der Waals surface area contributed by atoms with Gasteiger partial charge in [0.05, 0.1) is 0 Å².